The predicted octanol–water partition coefficient (Wildman–Crippen LogP) is 1.65. The van der Waals surface area contributed by atoms with Gasteiger partial charge in [-0.05, 0) is 47.3 Å². The summed E-state index contributed by atoms with van der Waals surface area (Å²) < 4.78 is 5.68. The summed E-state index contributed by atoms with van der Waals surface area (Å²) >= 11 is 3.14. The second-order valence-electron chi connectivity index (χ2n) is 4.00. The van der Waals surface area contributed by atoms with E-state index in [0.717, 1.165) is 19.3 Å². The molecule has 5 heteroatoms. The Bertz CT molecular complexity index is 371. The molecule has 1 amide bonds. The van der Waals surface area contributed by atoms with Crippen LogP contribution in [0.15, 0.2) is 21.2 Å². The lowest BCUT2D eigenvalue weighted by atomic mass is 9.78. The van der Waals surface area contributed by atoms with E-state index in [-0.39, 0.29) is 11.4 Å². The molecule has 0 radical (unpaired) electrons. The van der Waals surface area contributed by atoms with Crippen molar-refractivity contribution in [1.29, 1.82) is 0 Å². The summed E-state index contributed by atoms with van der Waals surface area (Å²) in [5.41, 5.74) is 5.78. The molecular weight excluding hydrogens is 260 g/mol. The zero-order valence-electron chi connectivity index (χ0n) is 8.25. The fourth-order valence-electron chi connectivity index (χ4n) is 1.59. The van der Waals surface area contributed by atoms with Crippen LogP contribution in [0.4, 0.5) is 0 Å². The summed E-state index contributed by atoms with van der Waals surface area (Å²) in [6, 6.07) is 3.32. The number of rotatable bonds is 3. The van der Waals surface area contributed by atoms with Crippen LogP contribution in [0.2, 0.25) is 0 Å². The van der Waals surface area contributed by atoms with E-state index in [1.807, 2.05) is 0 Å². The average molecular weight is 273 g/mol. The van der Waals surface area contributed by atoms with Gasteiger partial charge in [-0.3, -0.25) is 4.79 Å². The van der Waals surface area contributed by atoms with Crippen molar-refractivity contribution in [3.63, 3.8) is 0 Å². The van der Waals surface area contributed by atoms with Crippen LogP contribution in [0.5, 0.6) is 0 Å². The summed E-state index contributed by atoms with van der Waals surface area (Å²) in [6.45, 7) is 0.518. The van der Waals surface area contributed by atoms with Crippen molar-refractivity contribution in [3.05, 3.63) is 22.6 Å². The number of carbonyl (C=O) groups excluding carboxylic acids is 1. The molecule has 0 bridgehead atoms. The van der Waals surface area contributed by atoms with Crippen molar-refractivity contribution >= 4 is 21.8 Å². The van der Waals surface area contributed by atoms with Crippen molar-refractivity contribution < 1.29 is 9.21 Å². The number of nitrogens with one attached hydrogen (secondary N) is 1. The van der Waals surface area contributed by atoms with E-state index < -0.39 is 0 Å². The molecule has 0 saturated heterocycles. The highest BCUT2D eigenvalue weighted by Crippen LogP contribution is 2.28. The lowest BCUT2D eigenvalue weighted by Gasteiger charge is -2.37. The molecule has 2 rings (SSSR count). The number of hydrogen-bond acceptors (Lipinski definition) is 3. The molecule has 0 aromatic carbocycles. The molecule has 82 valence electrons. The molecular formula is C10H13BrN2O2. The van der Waals surface area contributed by atoms with Crippen LogP contribution < -0.4 is 11.1 Å². The van der Waals surface area contributed by atoms with Gasteiger partial charge < -0.3 is 15.5 Å². The van der Waals surface area contributed by atoms with Crippen molar-refractivity contribution in [2.75, 3.05) is 6.54 Å². The van der Waals surface area contributed by atoms with Crippen molar-refractivity contribution in [2.45, 2.75) is 24.8 Å². The van der Waals surface area contributed by atoms with Gasteiger partial charge in [0.05, 0.1) is 0 Å². The molecule has 4 nitrogen and oxygen atoms in total. The minimum absolute atomic E-state index is 0.195. The first-order valence-electron chi connectivity index (χ1n) is 4.91. The van der Waals surface area contributed by atoms with Crippen LogP contribution in [-0.2, 0) is 0 Å². The zero-order chi connectivity index (χ0) is 10.9. The highest BCUT2D eigenvalue weighted by atomic mass is 79.9. The van der Waals surface area contributed by atoms with Gasteiger partial charge in [0.2, 0.25) is 0 Å². The third kappa shape index (κ3) is 2.41. The monoisotopic (exact) mass is 272 g/mol. The van der Waals surface area contributed by atoms with Gasteiger partial charge in [-0.15, -0.1) is 0 Å². The molecule has 1 aromatic rings. The maximum atomic E-state index is 11.6. The number of hydrogen-bond donors (Lipinski definition) is 2. The van der Waals surface area contributed by atoms with Gasteiger partial charge in [0.25, 0.3) is 5.91 Å². The van der Waals surface area contributed by atoms with E-state index in [1.54, 1.807) is 12.1 Å². The molecule has 1 aliphatic rings. The quantitative estimate of drug-likeness (QED) is 0.879. The second-order valence-corrected chi connectivity index (χ2v) is 4.78. The number of nitrogens with two attached hydrogens (primary N) is 1. The minimum atomic E-state index is -0.211. The fraction of sp³-hybridized carbons (Fsp3) is 0.500. The molecule has 1 aliphatic carbocycles. The number of carbonyl (C=O) groups is 1. The van der Waals surface area contributed by atoms with E-state index in [9.17, 15) is 4.79 Å². The summed E-state index contributed by atoms with van der Waals surface area (Å²) in [5.74, 6) is 0.0993. The van der Waals surface area contributed by atoms with Gasteiger partial charge in [0.1, 0.15) is 0 Å². The summed E-state index contributed by atoms with van der Waals surface area (Å²) in [5, 5.41) is 2.78. The Labute approximate surface area is 96.3 Å². The first-order valence-corrected chi connectivity index (χ1v) is 5.71. The van der Waals surface area contributed by atoms with Crippen LogP contribution in [-0.4, -0.2) is 18.0 Å². The standard InChI is InChI=1S/C10H13BrN2O2/c11-8-3-2-7(15-8)9(14)13-6-10(12)4-1-5-10/h2-3H,1,4-6,12H2,(H,13,14). The van der Waals surface area contributed by atoms with E-state index in [1.165, 1.54) is 0 Å². The molecule has 3 N–H and O–H groups in total. The van der Waals surface area contributed by atoms with Crippen molar-refractivity contribution in [2.24, 2.45) is 5.73 Å². The maximum Gasteiger partial charge on any atom is 0.287 e. The first-order chi connectivity index (χ1) is 7.09. The Morgan fingerprint density at radius 3 is 2.80 bits per heavy atom. The molecule has 1 aromatic heterocycles. The summed E-state index contributed by atoms with van der Waals surface area (Å²) in [6.07, 6.45) is 3.11. The maximum absolute atomic E-state index is 11.6. The third-order valence-electron chi connectivity index (χ3n) is 2.75. The van der Waals surface area contributed by atoms with E-state index in [0.29, 0.717) is 17.0 Å². The SMILES string of the molecule is NC1(CNC(=O)c2ccc(Br)o2)CCC1. The number of furan rings is 1. The van der Waals surface area contributed by atoms with Crippen molar-refractivity contribution in [3.8, 4) is 0 Å². The van der Waals surface area contributed by atoms with Crippen LogP contribution in [0.3, 0.4) is 0 Å². The van der Waals surface area contributed by atoms with Gasteiger partial charge in [-0.25, -0.2) is 0 Å². The molecule has 1 heterocycles. The van der Waals surface area contributed by atoms with Gasteiger partial charge in [0, 0.05) is 12.1 Å². The predicted molar refractivity (Wildman–Crippen MR) is 59.5 cm³/mol. The van der Waals surface area contributed by atoms with Crippen LogP contribution in [0.25, 0.3) is 0 Å². The van der Waals surface area contributed by atoms with E-state index in [2.05, 4.69) is 21.2 Å². The van der Waals surface area contributed by atoms with Gasteiger partial charge in [-0.1, -0.05) is 0 Å². The Balaban J connectivity index is 1.87. The van der Waals surface area contributed by atoms with Gasteiger partial charge in [-0.2, -0.15) is 0 Å². The number of amides is 1. The molecule has 1 saturated carbocycles. The normalized spacial score (nSPS) is 18.3. The Morgan fingerprint density at radius 2 is 2.33 bits per heavy atom. The Hall–Kier alpha value is -0.810. The lowest BCUT2D eigenvalue weighted by molar-refractivity contribution is 0.0901. The van der Waals surface area contributed by atoms with E-state index in [4.69, 9.17) is 10.2 Å². The summed E-state index contributed by atoms with van der Waals surface area (Å²) in [7, 11) is 0. The zero-order valence-corrected chi connectivity index (χ0v) is 9.84. The molecule has 1 fully saturated rings. The molecule has 0 aliphatic heterocycles. The lowest BCUT2D eigenvalue weighted by Crippen LogP contribution is -2.54. The van der Waals surface area contributed by atoms with Crippen LogP contribution in [0, 0.1) is 0 Å². The molecule has 15 heavy (non-hydrogen) atoms. The topological polar surface area (TPSA) is 68.3 Å². The minimum Gasteiger partial charge on any atom is -0.444 e. The highest BCUT2D eigenvalue weighted by Gasteiger charge is 2.32. The third-order valence-corrected chi connectivity index (χ3v) is 3.17. The molecule has 0 atom stereocenters. The van der Waals surface area contributed by atoms with Crippen LogP contribution in [0.1, 0.15) is 29.8 Å². The Morgan fingerprint density at radius 1 is 1.60 bits per heavy atom. The smallest absolute Gasteiger partial charge is 0.287 e. The fourth-order valence-corrected chi connectivity index (χ4v) is 1.89. The van der Waals surface area contributed by atoms with Crippen LogP contribution >= 0.6 is 15.9 Å². The van der Waals surface area contributed by atoms with Gasteiger partial charge >= 0.3 is 0 Å². The van der Waals surface area contributed by atoms with Crippen molar-refractivity contribution in [1.82, 2.24) is 5.32 Å². The van der Waals surface area contributed by atoms with Gasteiger partial charge in [0.15, 0.2) is 10.4 Å². The largest absolute Gasteiger partial charge is 0.444 e. The molecule has 0 spiro atoms. The molecule has 0 unspecified atom stereocenters. The Kier molecular flexibility index (Phi) is 2.84. The first kappa shape index (κ1) is 10.7. The second kappa shape index (κ2) is 3.98. The van der Waals surface area contributed by atoms with E-state index >= 15 is 0 Å². The highest BCUT2D eigenvalue weighted by molar-refractivity contribution is 9.10. The average Bonchev–Trinajstić information content (AvgIpc) is 2.58. The number of halogens is 1. The summed E-state index contributed by atoms with van der Waals surface area (Å²) in [4.78, 5) is 11.6.